The molecule has 0 aromatic carbocycles. The predicted octanol–water partition coefficient (Wildman–Crippen LogP) is -0.258. The molecule has 1 atom stereocenters. The first-order valence-electron chi connectivity index (χ1n) is 4.43. The largest absolute Gasteiger partial charge is 0.312 e. The number of carbonyl (C=O) groups excluding carboxylic acids is 1. The number of hydrogen-bond acceptors (Lipinski definition) is 4. The van der Waals surface area contributed by atoms with Gasteiger partial charge in [-0.05, 0) is 13.3 Å². The highest BCUT2D eigenvalue weighted by Crippen LogP contribution is 2.10. The zero-order valence-electron chi connectivity index (χ0n) is 7.75. The third-order valence-corrected chi connectivity index (χ3v) is 3.91. The molecule has 1 saturated heterocycles. The van der Waals surface area contributed by atoms with Crippen LogP contribution >= 0.6 is 0 Å². The van der Waals surface area contributed by atoms with Crippen LogP contribution in [-0.2, 0) is 14.6 Å². The Hall–Kier alpha value is -0.420. The number of ketones is 1. The summed E-state index contributed by atoms with van der Waals surface area (Å²) in [6, 6.07) is 0.0596. The van der Waals surface area contributed by atoms with Crippen molar-refractivity contribution in [3.63, 3.8) is 0 Å². The molecule has 0 saturated carbocycles. The third kappa shape index (κ3) is 3.87. The summed E-state index contributed by atoms with van der Waals surface area (Å²) in [5, 5.41) is 3.07. The summed E-state index contributed by atoms with van der Waals surface area (Å²) in [6.07, 6.45) is 1.16. The first-order chi connectivity index (χ1) is 5.99. The molecule has 1 N–H and O–H groups in total. The summed E-state index contributed by atoms with van der Waals surface area (Å²) in [5.41, 5.74) is 0. The van der Waals surface area contributed by atoms with Crippen molar-refractivity contribution in [1.82, 2.24) is 5.32 Å². The number of Topliss-reactive ketones (excluding diaryl/α,β-unsaturated/α-hetero) is 1. The normalized spacial score (nSPS) is 26.1. The van der Waals surface area contributed by atoms with Gasteiger partial charge in [0.05, 0.1) is 11.5 Å². The van der Waals surface area contributed by atoms with Gasteiger partial charge in [0.1, 0.15) is 5.78 Å². The molecule has 13 heavy (non-hydrogen) atoms. The molecule has 1 rings (SSSR count). The Morgan fingerprint density at radius 1 is 1.54 bits per heavy atom. The van der Waals surface area contributed by atoms with Crippen LogP contribution in [0, 0.1) is 0 Å². The molecule has 0 spiro atoms. The van der Waals surface area contributed by atoms with Crippen molar-refractivity contribution in [2.24, 2.45) is 0 Å². The van der Waals surface area contributed by atoms with E-state index in [9.17, 15) is 13.2 Å². The fourth-order valence-corrected chi connectivity index (χ4v) is 3.12. The number of sulfone groups is 1. The van der Waals surface area contributed by atoms with Gasteiger partial charge in [-0.25, -0.2) is 8.42 Å². The van der Waals surface area contributed by atoms with Crippen molar-refractivity contribution in [2.45, 2.75) is 25.8 Å². The molecule has 4 nitrogen and oxygen atoms in total. The van der Waals surface area contributed by atoms with Crippen LogP contribution in [0.3, 0.4) is 0 Å². The summed E-state index contributed by atoms with van der Waals surface area (Å²) in [5.74, 6) is 0.642. The minimum Gasteiger partial charge on any atom is -0.312 e. The molecular weight excluding hydrogens is 190 g/mol. The first-order valence-corrected chi connectivity index (χ1v) is 6.25. The summed E-state index contributed by atoms with van der Waals surface area (Å²) in [6.45, 7) is 2.13. The van der Waals surface area contributed by atoms with Gasteiger partial charge in [0.15, 0.2) is 9.84 Å². The van der Waals surface area contributed by atoms with E-state index in [1.54, 1.807) is 0 Å². The van der Waals surface area contributed by atoms with Crippen LogP contribution in [0.1, 0.15) is 19.8 Å². The Balaban J connectivity index is 2.22. The molecule has 1 unspecified atom stereocenters. The van der Waals surface area contributed by atoms with E-state index in [1.807, 2.05) is 0 Å². The topological polar surface area (TPSA) is 63.2 Å². The van der Waals surface area contributed by atoms with Crippen molar-refractivity contribution in [2.75, 3.05) is 18.1 Å². The highest BCUT2D eigenvalue weighted by atomic mass is 32.2. The molecule has 1 fully saturated rings. The molecular formula is C8H15NO3S. The lowest BCUT2D eigenvalue weighted by molar-refractivity contribution is -0.116. The SMILES string of the molecule is CC(=O)CCNC1CCS(=O)(=O)C1. The van der Waals surface area contributed by atoms with E-state index in [4.69, 9.17) is 0 Å². The Bertz CT molecular complexity index is 284. The second kappa shape index (κ2) is 4.19. The van der Waals surface area contributed by atoms with E-state index in [2.05, 4.69) is 5.32 Å². The van der Waals surface area contributed by atoms with Crippen LogP contribution in [0.15, 0.2) is 0 Å². The summed E-state index contributed by atoms with van der Waals surface area (Å²) >= 11 is 0. The van der Waals surface area contributed by atoms with Crippen LogP contribution in [-0.4, -0.2) is 38.3 Å². The van der Waals surface area contributed by atoms with Gasteiger partial charge >= 0.3 is 0 Å². The van der Waals surface area contributed by atoms with Crippen LogP contribution in [0.4, 0.5) is 0 Å². The van der Waals surface area contributed by atoms with Gasteiger partial charge < -0.3 is 5.32 Å². The van der Waals surface area contributed by atoms with Gasteiger partial charge in [0.25, 0.3) is 0 Å². The zero-order valence-corrected chi connectivity index (χ0v) is 8.56. The average molecular weight is 205 g/mol. The van der Waals surface area contributed by atoms with Crippen LogP contribution < -0.4 is 5.32 Å². The van der Waals surface area contributed by atoms with Crippen LogP contribution in [0.5, 0.6) is 0 Å². The fraction of sp³-hybridized carbons (Fsp3) is 0.875. The van der Waals surface area contributed by atoms with E-state index in [-0.39, 0.29) is 23.3 Å². The predicted molar refractivity (Wildman–Crippen MR) is 50.4 cm³/mol. The molecule has 0 aliphatic carbocycles. The molecule has 76 valence electrons. The zero-order chi connectivity index (χ0) is 9.90. The Morgan fingerprint density at radius 2 is 2.23 bits per heavy atom. The summed E-state index contributed by atoms with van der Waals surface area (Å²) in [7, 11) is -2.79. The Morgan fingerprint density at radius 3 is 2.69 bits per heavy atom. The Labute approximate surface area is 78.6 Å². The molecule has 5 heteroatoms. The standard InChI is InChI=1S/C8H15NO3S/c1-7(10)2-4-9-8-3-5-13(11,12)6-8/h8-9H,2-6H2,1H3. The minimum atomic E-state index is -2.79. The quantitative estimate of drug-likeness (QED) is 0.687. The number of nitrogens with one attached hydrogen (secondary N) is 1. The number of rotatable bonds is 4. The second-order valence-electron chi connectivity index (χ2n) is 3.51. The lowest BCUT2D eigenvalue weighted by atomic mass is 10.2. The highest BCUT2D eigenvalue weighted by Gasteiger charge is 2.26. The van der Waals surface area contributed by atoms with Gasteiger partial charge in [-0.2, -0.15) is 0 Å². The molecule has 1 aliphatic rings. The number of hydrogen-bond donors (Lipinski definition) is 1. The average Bonchev–Trinajstić information content (AvgIpc) is 2.29. The monoisotopic (exact) mass is 205 g/mol. The molecule has 0 bridgehead atoms. The smallest absolute Gasteiger partial charge is 0.151 e. The fourth-order valence-electron chi connectivity index (χ4n) is 1.41. The lowest BCUT2D eigenvalue weighted by Gasteiger charge is -2.08. The van der Waals surface area contributed by atoms with Crippen molar-refractivity contribution < 1.29 is 13.2 Å². The summed E-state index contributed by atoms with van der Waals surface area (Å²) in [4.78, 5) is 10.6. The second-order valence-corrected chi connectivity index (χ2v) is 5.73. The number of carbonyl (C=O) groups is 1. The van der Waals surface area contributed by atoms with E-state index < -0.39 is 9.84 Å². The van der Waals surface area contributed by atoms with Gasteiger partial charge in [-0.1, -0.05) is 0 Å². The van der Waals surface area contributed by atoms with Crippen molar-refractivity contribution in [3.8, 4) is 0 Å². The van der Waals surface area contributed by atoms with E-state index in [0.717, 1.165) is 0 Å². The maximum Gasteiger partial charge on any atom is 0.151 e. The highest BCUT2D eigenvalue weighted by molar-refractivity contribution is 7.91. The maximum atomic E-state index is 11.0. The summed E-state index contributed by atoms with van der Waals surface area (Å²) < 4.78 is 22.1. The molecule has 1 aliphatic heterocycles. The van der Waals surface area contributed by atoms with Gasteiger partial charge in [-0.3, -0.25) is 4.79 Å². The van der Waals surface area contributed by atoms with Gasteiger partial charge in [0.2, 0.25) is 0 Å². The van der Waals surface area contributed by atoms with Crippen molar-refractivity contribution in [1.29, 1.82) is 0 Å². The maximum absolute atomic E-state index is 11.0. The lowest BCUT2D eigenvalue weighted by Crippen LogP contribution is -2.31. The van der Waals surface area contributed by atoms with Crippen molar-refractivity contribution >= 4 is 15.6 Å². The molecule has 0 aromatic rings. The van der Waals surface area contributed by atoms with Gasteiger partial charge in [0, 0.05) is 19.0 Å². The van der Waals surface area contributed by atoms with E-state index in [0.29, 0.717) is 19.4 Å². The minimum absolute atomic E-state index is 0.0596. The Kier molecular flexibility index (Phi) is 3.44. The third-order valence-electron chi connectivity index (χ3n) is 2.14. The van der Waals surface area contributed by atoms with E-state index >= 15 is 0 Å². The molecule has 0 amide bonds. The molecule has 0 radical (unpaired) electrons. The van der Waals surface area contributed by atoms with Crippen LogP contribution in [0.2, 0.25) is 0 Å². The first kappa shape index (κ1) is 10.7. The molecule has 1 heterocycles. The van der Waals surface area contributed by atoms with Gasteiger partial charge in [-0.15, -0.1) is 0 Å². The van der Waals surface area contributed by atoms with Crippen LogP contribution in [0.25, 0.3) is 0 Å². The van der Waals surface area contributed by atoms with E-state index in [1.165, 1.54) is 6.92 Å². The molecule has 0 aromatic heterocycles. The van der Waals surface area contributed by atoms with Crippen molar-refractivity contribution in [3.05, 3.63) is 0 Å².